The van der Waals surface area contributed by atoms with E-state index in [1.54, 1.807) is 0 Å². The molecule has 0 radical (unpaired) electrons. The average Bonchev–Trinajstić information content (AvgIpc) is 3.14. The molecule has 0 saturated carbocycles. The van der Waals surface area contributed by atoms with E-state index >= 15 is 0 Å². The second-order valence-electron chi connectivity index (χ2n) is 12.9. The predicted molar refractivity (Wildman–Crippen MR) is 223 cm³/mol. The van der Waals surface area contributed by atoms with Gasteiger partial charge >= 0.3 is 5.97 Å². The standard InChI is InChI=1S/C47H76O4/c1-3-5-7-9-11-13-15-17-19-21-23-24-25-26-28-30-32-34-36-38-40-42-47(49)51-46(44-48)45-50-43-41-39-37-35-33-31-29-27-22-20-18-16-14-12-10-8-6-4-2/h5-8,11-14,17-20,23-24,26,28,32,34,46,48H,3-4,9-10,15-16,21-22,25,27,29-31,33,35-45H2,1-2H3/b7-5-,8-6-,13-11-,14-12-,19-17-,20-18-,24-23-,28-26-,34-32-. The molecular formula is C47H76O4. The van der Waals surface area contributed by atoms with Gasteiger partial charge in [-0.15, -0.1) is 0 Å². The number of carbonyl (C=O) groups is 1. The summed E-state index contributed by atoms with van der Waals surface area (Å²) in [6.45, 7) is 5.04. The molecule has 0 saturated heterocycles. The summed E-state index contributed by atoms with van der Waals surface area (Å²) in [5.74, 6) is -0.250. The van der Waals surface area contributed by atoms with Crippen molar-refractivity contribution in [2.24, 2.45) is 0 Å². The zero-order valence-electron chi connectivity index (χ0n) is 32.8. The summed E-state index contributed by atoms with van der Waals surface area (Å²) in [5, 5.41) is 9.59. The molecule has 1 N–H and O–H groups in total. The third-order valence-corrected chi connectivity index (χ3v) is 8.09. The molecule has 288 valence electrons. The fourth-order valence-corrected chi connectivity index (χ4v) is 5.11. The number of esters is 1. The average molecular weight is 705 g/mol. The molecule has 0 amide bonds. The zero-order chi connectivity index (χ0) is 37.0. The van der Waals surface area contributed by atoms with Gasteiger partial charge in [0.2, 0.25) is 0 Å². The molecule has 0 aliphatic rings. The summed E-state index contributed by atoms with van der Waals surface area (Å²) in [7, 11) is 0. The van der Waals surface area contributed by atoms with Gasteiger partial charge in [-0.05, 0) is 96.3 Å². The van der Waals surface area contributed by atoms with Crippen molar-refractivity contribution in [3.8, 4) is 0 Å². The maximum Gasteiger partial charge on any atom is 0.306 e. The normalized spacial score (nSPS) is 13.5. The molecule has 1 unspecified atom stereocenters. The van der Waals surface area contributed by atoms with Crippen molar-refractivity contribution in [1.82, 2.24) is 0 Å². The minimum Gasteiger partial charge on any atom is -0.457 e. The lowest BCUT2D eigenvalue weighted by atomic mass is 10.1. The maximum absolute atomic E-state index is 12.2. The van der Waals surface area contributed by atoms with Crippen LogP contribution in [0.4, 0.5) is 0 Å². The van der Waals surface area contributed by atoms with Gasteiger partial charge in [0.25, 0.3) is 0 Å². The van der Waals surface area contributed by atoms with Crippen LogP contribution in [-0.2, 0) is 14.3 Å². The fourth-order valence-electron chi connectivity index (χ4n) is 5.11. The fraction of sp³-hybridized carbons (Fsp3) is 0.596. The van der Waals surface area contributed by atoms with Crippen LogP contribution >= 0.6 is 0 Å². The number of hydrogen-bond acceptors (Lipinski definition) is 4. The van der Waals surface area contributed by atoms with Crippen LogP contribution in [0, 0.1) is 0 Å². The van der Waals surface area contributed by atoms with Crippen molar-refractivity contribution in [3.63, 3.8) is 0 Å². The summed E-state index contributed by atoms with van der Waals surface area (Å²) in [4.78, 5) is 12.2. The molecule has 0 spiro atoms. The van der Waals surface area contributed by atoms with Gasteiger partial charge in [0, 0.05) is 13.0 Å². The van der Waals surface area contributed by atoms with Gasteiger partial charge in [0.1, 0.15) is 6.10 Å². The molecule has 4 nitrogen and oxygen atoms in total. The maximum atomic E-state index is 12.2. The van der Waals surface area contributed by atoms with Gasteiger partial charge in [0.05, 0.1) is 13.2 Å². The SMILES string of the molecule is CC/C=C\C/C=C\C/C=C\C/C=C\C/C=C\C/C=C\CCCCC(=O)OC(CO)COCCCCCCCCCC/C=C\C/C=C\C/C=C\CC. The molecular weight excluding hydrogens is 629 g/mol. The van der Waals surface area contributed by atoms with Crippen LogP contribution in [0.1, 0.15) is 155 Å². The molecule has 0 fully saturated rings. The first-order valence-electron chi connectivity index (χ1n) is 20.5. The molecule has 4 heteroatoms. The van der Waals surface area contributed by atoms with Gasteiger partial charge in [-0.2, -0.15) is 0 Å². The van der Waals surface area contributed by atoms with Crippen molar-refractivity contribution in [3.05, 3.63) is 109 Å². The van der Waals surface area contributed by atoms with E-state index in [4.69, 9.17) is 9.47 Å². The Hall–Kier alpha value is -2.95. The van der Waals surface area contributed by atoms with E-state index in [1.165, 1.54) is 44.9 Å². The highest BCUT2D eigenvalue weighted by Crippen LogP contribution is 2.11. The van der Waals surface area contributed by atoms with Crippen molar-refractivity contribution in [2.75, 3.05) is 19.8 Å². The molecule has 0 aliphatic carbocycles. The van der Waals surface area contributed by atoms with Crippen molar-refractivity contribution < 1.29 is 19.4 Å². The smallest absolute Gasteiger partial charge is 0.306 e. The first-order valence-corrected chi connectivity index (χ1v) is 20.5. The monoisotopic (exact) mass is 705 g/mol. The van der Waals surface area contributed by atoms with Crippen LogP contribution in [0.25, 0.3) is 0 Å². The van der Waals surface area contributed by atoms with E-state index in [-0.39, 0.29) is 19.2 Å². The van der Waals surface area contributed by atoms with Crippen LogP contribution in [0.2, 0.25) is 0 Å². The lowest BCUT2D eigenvalue weighted by Gasteiger charge is -2.15. The number of unbranched alkanes of at least 4 members (excludes halogenated alkanes) is 10. The number of carbonyl (C=O) groups excluding carboxylic acids is 1. The van der Waals surface area contributed by atoms with Gasteiger partial charge in [0.15, 0.2) is 0 Å². The van der Waals surface area contributed by atoms with Crippen LogP contribution in [-0.4, -0.2) is 37.0 Å². The van der Waals surface area contributed by atoms with E-state index in [9.17, 15) is 9.90 Å². The Morgan fingerprint density at radius 3 is 1.24 bits per heavy atom. The number of aliphatic hydroxyl groups excluding tert-OH is 1. The zero-order valence-corrected chi connectivity index (χ0v) is 32.8. The number of rotatable bonds is 36. The lowest BCUT2D eigenvalue weighted by Crippen LogP contribution is -2.27. The van der Waals surface area contributed by atoms with E-state index in [0.29, 0.717) is 13.0 Å². The second kappa shape index (κ2) is 43.2. The van der Waals surface area contributed by atoms with Crippen LogP contribution < -0.4 is 0 Å². The molecule has 0 heterocycles. The molecule has 0 aromatic heterocycles. The van der Waals surface area contributed by atoms with Crippen LogP contribution in [0.3, 0.4) is 0 Å². The number of ether oxygens (including phenoxy) is 2. The molecule has 0 bridgehead atoms. The number of hydrogen-bond donors (Lipinski definition) is 1. The minimum atomic E-state index is -0.569. The first-order chi connectivity index (χ1) is 25.2. The second-order valence-corrected chi connectivity index (χ2v) is 12.9. The van der Waals surface area contributed by atoms with E-state index in [0.717, 1.165) is 89.9 Å². The lowest BCUT2D eigenvalue weighted by molar-refractivity contribution is -0.154. The van der Waals surface area contributed by atoms with E-state index in [1.807, 2.05) is 0 Å². The Morgan fingerprint density at radius 2 is 0.824 bits per heavy atom. The summed E-state index contributed by atoms with van der Waals surface area (Å²) in [6.07, 6.45) is 62.8. The van der Waals surface area contributed by atoms with Gasteiger partial charge < -0.3 is 14.6 Å². The first kappa shape index (κ1) is 48.1. The minimum absolute atomic E-state index is 0.200. The molecule has 0 aromatic carbocycles. The molecule has 0 aliphatic heterocycles. The highest BCUT2D eigenvalue weighted by Gasteiger charge is 2.13. The third kappa shape index (κ3) is 41.4. The number of allylic oxidation sites excluding steroid dienone is 18. The van der Waals surface area contributed by atoms with Crippen molar-refractivity contribution in [1.29, 1.82) is 0 Å². The summed E-state index contributed by atoms with van der Waals surface area (Å²) in [6, 6.07) is 0. The predicted octanol–water partition coefficient (Wildman–Crippen LogP) is 13.5. The van der Waals surface area contributed by atoms with Gasteiger partial charge in [-0.1, -0.05) is 162 Å². The van der Waals surface area contributed by atoms with Crippen molar-refractivity contribution >= 4 is 5.97 Å². The third-order valence-electron chi connectivity index (χ3n) is 8.09. The van der Waals surface area contributed by atoms with E-state index in [2.05, 4.69) is 123 Å². The van der Waals surface area contributed by atoms with Crippen LogP contribution in [0.5, 0.6) is 0 Å². The Balaban J connectivity index is 3.60. The Labute approximate surface area is 315 Å². The van der Waals surface area contributed by atoms with E-state index < -0.39 is 6.10 Å². The van der Waals surface area contributed by atoms with Gasteiger partial charge in [-0.25, -0.2) is 0 Å². The Kier molecular flexibility index (Phi) is 40.7. The van der Waals surface area contributed by atoms with Crippen molar-refractivity contribution in [2.45, 2.75) is 161 Å². The molecule has 0 aromatic rings. The highest BCUT2D eigenvalue weighted by molar-refractivity contribution is 5.69. The summed E-state index contributed by atoms with van der Waals surface area (Å²) >= 11 is 0. The topological polar surface area (TPSA) is 55.8 Å². The molecule has 1 atom stereocenters. The Bertz CT molecular complexity index is 1010. The Morgan fingerprint density at radius 1 is 0.471 bits per heavy atom. The molecule has 0 rings (SSSR count). The molecule has 51 heavy (non-hydrogen) atoms. The summed E-state index contributed by atoms with van der Waals surface area (Å²) in [5.41, 5.74) is 0. The quantitative estimate of drug-likeness (QED) is 0.0401. The van der Waals surface area contributed by atoms with Gasteiger partial charge in [-0.3, -0.25) is 4.79 Å². The largest absolute Gasteiger partial charge is 0.457 e. The van der Waals surface area contributed by atoms with Crippen LogP contribution in [0.15, 0.2) is 109 Å². The summed E-state index contributed by atoms with van der Waals surface area (Å²) < 4.78 is 11.1. The highest BCUT2D eigenvalue weighted by atomic mass is 16.6. The number of aliphatic hydroxyl groups is 1.